The summed E-state index contributed by atoms with van der Waals surface area (Å²) in [5.41, 5.74) is -1.57. The molecule has 0 fully saturated rings. The van der Waals surface area contributed by atoms with E-state index in [9.17, 15) is 18.8 Å². The fraction of sp³-hybridized carbons (Fsp3) is 0.429. The van der Waals surface area contributed by atoms with Crippen LogP contribution in [-0.4, -0.2) is 36.1 Å². The van der Waals surface area contributed by atoms with Gasteiger partial charge in [-0.3, -0.25) is 6.42 Å². The molecule has 11 heteroatoms. The van der Waals surface area contributed by atoms with Gasteiger partial charge in [-0.15, -0.1) is 11.3 Å². The smallest absolute Gasteiger partial charge is 0.649 e. The Balaban J connectivity index is 0.00000104. The van der Waals surface area contributed by atoms with E-state index < -0.39 is 23.4 Å². The molecule has 0 radical (unpaired) electrons. The Morgan fingerprint density at radius 1 is 1.34 bits per heavy atom. The maximum atomic E-state index is 13.6. The number of carbonyl (C=O) groups excluding carboxylic acids is 3. The molecular formula is C21H24ClFLiNO6S-2. The van der Waals surface area contributed by atoms with Gasteiger partial charge in [-0.2, -0.15) is 13.3 Å². The number of hydrogen-bond donors (Lipinski definition) is 0. The van der Waals surface area contributed by atoms with Crippen LogP contribution >= 0.6 is 22.9 Å². The van der Waals surface area contributed by atoms with Crippen molar-refractivity contribution in [3.8, 4) is 0 Å². The van der Waals surface area contributed by atoms with Crippen LogP contribution in [0.2, 0.25) is 5.02 Å². The largest absolute Gasteiger partial charge is 1.00 e. The molecule has 0 saturated heterocycles. The second-order valence-electron chi connectivity index (χ2n) is 7.21. The number of carbonyl (C=O) groups is 2. The molecule has 0 saturated carbocycles. The first-order chi connectivity index (χ1) is 14.4. The van der Waals surface area contributed by atoms with E-state index >= 15 is 0 Å². The van der Waals surface area contributed by atoms with Gasteiger partial charge in [-0.25, -0.2) is 19.0 Å². The monoisotopic (exact) mass is 479 g/mol. The van der Waals surface area contributed by atoms with Crippen LogP contribution in [0, 0.1) is 19.2 Å². The second-order valence-corrected chi connectivity index (χ2v) is 8.62. The van der Waals surface area contributed by atoms with Crippen LogP contribution < -0.4 is 18.9 Å². The predicted molar refractivity (Wildman–Crippen MR) is 115 cm³/mol. The van der Waals surface area contributed by atoms with Gasteiger partial charge in [0.2, 0.25) is 0 Å². The number of fused-ring (bicyclic) bond motifs is 1. The number of nitrogens with zero attached hydrogens (tertiary/aromatic N) is 1. The van der Waals surface area contributed by atoms with Crippen LogP contribution in [0.5, 0.6) is 0 Å². The van der Waals surface area contributed by atoms with Crippen molar-refractivity contribution in [3.63, 3.8) is 0 Å². The molecule has 1 atom stereocenters. The normalized spacial score (nSPS) is 12.5. The summed E-state index contributed by atoms with van der Waals surface area (Å²) in [6, 6.07) is 1.61. The first kappa shape index (κ1) is 30.3. The van der Waals surface area contributed by atoms with Crippen molar-refractivity contribution in [2.75, 3.05) is 7.11 Å². The summed E-state index contributed by atoms with van der Waals surface area (Å²) in [4.78, 5) is 37.8. The molecule has 2 aromatic heterocycles. The predicted octanol–water partition coefficient (Wildman–Crippen LogP) is 1.71. The van der Waals surface area contributed by atoms with Crippen molar-refractivity contribution < 1.29 is 51.8 Å². The first-order valence-corrected chi connectivity index (χ1v) is 10.3. The molecule has 0 aliphatic rings. The zero-order valence-corrected chi connectivity index (χ0v) is 20.5. The van der Waals surface area contributed by atoms with Crippen LogP contribution in [-0.2, 0) is 34.2 Å². The van der Waals surface area contributed by atoms with E-state index in [0.717, 1.165) is 13.3 Å². The van der Waals surface area contributed by atoms with Crippen LogP contribution in [0.25, 0.3) is 10.2 Å². The topological polar surface area (TPSA) is 91.8 Å². The van der Waals surface area contributed by atoms with Gasteiger partial charge in [0.15, 0.2) is 5.82 Å². The summed E-state index contributed by atoms with van der Waals surface area (Å²) in [5, 5.41) is 0.363. The van der Waals surface area contributed by atoms with E-state index in [0.29, 0.717) is 27.9 Å². The zero-order valence-electron chi connectivity index (χ0n) is 18.9. The van der Waals surface area contributed by atoms with Gasteiger partial charge < -0.3 is 25.9 Å². The fourth-order valence-electron chi connectivity index (χ4n) is 2.39. The van der Waals surface area contributed by atoms with Gasteiger partial charge in [0, 0.05) is 15.9 Å². The fourth-order valence-corrected chi connectivity index (χ4v) is 3.84. The summed E-state index contributed by atoms with van der Waals surface area (Å²) in [5.74, 6) is -2.86. The number of pyridine rings is 1. The molecule has 2 rings (SSSR count). The quantitative estimate of drug-likeness (QED) is 0.205. The van der Waals surface area contributed by atoms with Crippen molar-refractivity contribution >= 4 is 51.6 Å². The summed E-state index contributed by atoms with van der Waals surface area (Å²) in [7, 11) is 1.09. The maximum absolute atomic E-state index is 13.6. The van der Waals surface area contributed by atoms with E-state index in [1.54, 1.807) is 40.2 Å². The second kappa shape index (κ2) is 13.1. The molecule has 1 unspecified atom stereocenters. The molecule has 0 amide bonds. The summed E-state index contributed by atoms with van der Waals surface area (Å²) in [6.45, 7) is 12.2. The molecule has 172 valence electrons. The van der Waals surface area contributed by atoms with E-state index in [4.69, 9.17) is 16.3 Å². The van der Waals surface area contributed by atoms with Crippen LogP contribution in [0.1, 0.15) is 45.4 Å². The molecule has 0 spiro atoms. The third-order valence-electron chi connectivity index (χ3n) is 3.86. The summed E-state index contributed by atoms with van der Waals surface area (Å²) in [6.07, 6.45) is 3.44. The molecule has 0 aromatic carbocycles. The SMILES string of the molecule is CC(C)(C)O[C-]=O.[CH2-]CCC([CH-]C)(OC(=O)C(=O)OC)c1cc2c(Cl)c(F)cnc2s1.[Li+]. The number of halogens is 2. The third-order valence-corrected chi connectivity index (χ3v) is 5.45. The Bertz CT molecular complexity index is 933. The van der Waals surface area contributed by atoms with Gasteiger partial charge in [-0.1, -0.05) is 24.5 Å². The van der Waals surface area contributed by atoms with E-state index in [1.165, 1.54) is 17.8 Å². The van der Waals surface area contributed by atoms with Crippen molar-refractivity contribution in [1.82, 2.24) is 4.98 Å². The summed E-state index contributed by atoms with van der Waals surface area (Å²) < 4.78 is 27.8. The molecule has 2 heterocycles. The van der Waals surface area contributed by atoms with Crippen molar-refractivity contribution in [2.45, 2.75) is 51.7 Å². The zero-order chi connectivity index (χ0) is 23.8. The number of rotatable bonds is 6. The van der Waals surface area contributed by atoms with Crippen LogP contribution in [0.15, 0.2) is 12.3 Å². The number of aromatic nitrogens is 1. The summed E-state index contributed by atoms with van der Waals surface area (Å²) >= 11 is 7.18. The van der Waals surface area contributed by atoms with Gasteiger partial charge in [-0.05, 0) is 26.8 Å². The molecule has 32 heavy (non-hydrogen) atoms. The average Bonchev–Trinajstić information content (AvgIpc) is 3.15. The molecule has 0 bridgehead atoms. The van der Waals surface area contributed by atoms with Crippen molar-refractivity contribution in [2.24, 2.45) is 0 Å². The van der Waals surface area contributed by atoms with Gasteiger partial charge >= 0.3 is 30.8 Å². The molecule has 7 nitrogen and oxygen atoms in total. The number of thiophene rings is 1. The number of methoxy groups -OCH3 is 1. The number of esters is 2. The number of hydrogen-bond acceptors (Lipinski definition) is 8. The molecule has 0 aliphatic carbocycles. The minimum atomic E-state index is -1.20. The minimum Gasteiger partial charge on any atom is -0.649 e. The standard InChI is InChI=1S/C16H15ClFNO4S.C5H9O2.Li/c1-4-6-16(5-2,23-15(21)14(20)22-3)11-7-9-12(17)10(18)8-19-13(9)24-11;1-5(2,3)7-4-6;/h5,7-8H,1,4,6H2,2-3H3;1-3H3;/q-2;-1;+1. The van der Waals surface area contributed by atoms with E-state index in [-0.39, 0.29) is 29.5 Å². The van der Waals surface area contributed by atoms with Gasteiger partial charge in [0.1, 0.15) is 4.83 Å². The van der Waals surface area contributed by atoms with Gasteiger partial charge in [0.25, 0.3) is 0 Å². The first-order valence-electron chi connectivity index (χ1n) is 9.14. The number of ether oxygens (including phenoxy) is 3. The minimum absolute atomic E-state index is 0. The Morgan fingerprint density at radius 2 is 1.97 bits per heavy atom. The van der Waals surface area contributed by atoms with Gasteiger partial charge in [0.05, 0.1) is 23.9 Å². The average molecular weight is 480 g/mol. The Morgan fingerprint density at radius 3 is 2.41 bits per heavy atom. The Labute approximate surface area is 208 Å². The Kier molecular flexibility index (Phi) is 12.5. The molecule has 2 aromatic rings. The van der Waals surface area contributed by atoms with Crippen molar-refractivity contribution in [1.29, 1.82) is 0 Å². The Hall–Kier alpha value is -1.66. The molecule has 0 N–H and O–H groups in total. The third kappa shape index (κ3) is 8.04. The van der Waals surface area contributed by atoms with E-state index in [1.807, 2.05) is 0 Å². The van der Waals surface area contributed by atoms with Crippen LogP contribution in [0.3, 0.4) is 0 Å². The van der Waals surface area contributed by atoms with Crippen molar-refractivity contribution in [3.05, 3.63) is 41.3 Å². The molecule has 0 aliphatic heterocycles. The van der Waals surface area contributed by atoms with E-state index in [2.05, 4.69) is 21.4 Å². The maximum Gasteiger partial charge on any atom is 1.00 e. The molecular weight excluding hydrogens is 456 g/mol. The van der Waals surface area contributed by atoms with Crippen LogP contribution in [0.4, 0.5) is 4.39 Å².